The van der Waals surface area contributed by atoms with Crippen LogP contribution in [0.3, 0.4) is 0 Å². The Morgan fingerprint density at radius 2 is 0.895 bits per heavy atom. The molecule has 0 fully saturated rings. The summed E-state index contributed by atoms with van der Waals surface area (Å²) in [6.07, 6.45) is 3.42. The fourth-order valence-electron chi connectivity index (χ4n) is 11.0. The topological polar surface area (TPSA) is 416 Å². The van der Waals surface area contributed by atoms with Gasteiger partial charge in [0.2, 0.25) is 70.0 Å². The van der Waals surface area contributed by atoms with Gasteiger partial charge in [0.1, 0.15) is 39.1 Å². The van der Waals surface area contributed by atoms with Crippen molar-refractivity contribution in [1.82, 2.24) is 49.8 Å². The van der Waals surface area contributed by atoms with E-state index in [0.717, 1.165) is 16.0 Å². The molecule has 1 unspecified atom stereocenters. The van der Waals surface area contributed by atoms with Gasteiger partial charge in [-0.2, -0.15) is 12.6 Å². The molecule has 105 heavy (non-hydrogen) atoms. The van der Waals surface area contributed by atoms with Crippen LogP contribution in [0.15, 0.2) is 108 Å². The summed E-state index contributed by atoms with van der Waals surface area (Å²) in [5.41, 5.74) is 20.4. The molecule has 0 radical (unpaired) electrons. The molecule has 1 heterocycles. The number of rotatable bonds is 52. The summed E-state index contributed by atoms with van der Waals surface area (Å²) in [5, 5.41) is 20.7. The van der Waals surface area contributed by atoms with Gasteiger partial charge in [-0.05, 0) is 157 Å². The van der Waals surface area contributed by atoms with Crippen LogP contribution >= 0.6 is 12.6 Å². The number of fused-ring (bicyclic) bond motifs is 1. The van der Waals surface area contributed by atoms with Crippen molar-refractivity contribution in [2.75, 3.05) is 157 Å². The number of amides is 9. The molecule has 33 heteroatoms. The standard InChI is InChI=1S/C72H106N14O17S2/c1-3-100-52-85(64(88)42-77-34-27-55-17-7-5-8-18-55)50-68(92)81(37-16-13-33-75)46-66(90)83(38-28-56-19-9-6-10-20-56)48-71(95)86(53-101-4-2)51-69(93)82(39-29-57-21-24-59(25-22-57)105(76,98)99)47-70(94)84(43-58-23-26-61-62(41-58)103-54-102-61)49-67(91)80(36-15-12-32-74)45-65(89)79(35-14-11-31-73)44-63(87)78-60(30-40-104)72(96)97/h5-10,17-26,41,60,77,104H,3-4,11-16,27-40,42-54,73-75H2,1-2H3,(H,78,87)(H,96,97)(H2,76,98,99). The van der Waals surface area contributed by atoms with Crippen LogP contribution in [0.5, 0.6) is 11.5 Å². The minimum Gasteiger partial charge on any atom is -0.480 e. The van der Waals surface area contributed by atoms with Crippen LogP contribution in [-0.4, -0.2) is 275 Å². The third-order valence-electron chi connectivity index (χ3n) is 17.0. The number of nitrogens with zero attached hydrogens (tertiary/aromatic N) is 8. The number of hydrogen-bond donors (Lipinski definition) is 8. The van der Waals surface area contributed by atoms with Gasteiger partial charge in [-0.1, -0.05) is 78.9 Å². The van der Waals surface area contributed by atoms with Gasteiger partial charge in [0.15, 0.2) is 11.5 Å². The Morgan fingerprint density at radius 3 is 1.35 bits per heavy atom. The second kappa shape index (κ2) is 47.6. The van der Waals surface area contributed by atoms with E-state index in [1.165, 1.54) is 58.6 Å². The first-order chi connectivity index (χ1) is 50.5. The number of ether oxygens (including phenoxy) is 4. The van der Waals surface area contributed by atoms with E-state index in [9.17, 15) is 47.1 Å². The van der Waals surface area contributed by atoms with Crippen LogP contribution < -0.4 is 42.4 Å². The molecule has 0 bridgehead atoms. The van der Waals surface area contributed by atoms with Gasteiger partial charge in [-0.3, -0.25) is 43.2 Å². The summed E-state index contributed by atoms with van der Waals surface area (Å²) in [6.45, 7) is -1.08. The van der Waals surface area contributed by atoms with E-state index >= 15 is 14.4 Å². The molecule has 31 nitrogen and oxygen atoms in total. The van der Waals surface area contributed by atoms with Crippen LogP contribution in [0, 0.1) is 0 Å². The quantitative estimate of drug-likeness (QED) is 0.0170. The van der Waals surface area contributed by atoms with E-state index in [0.29, 0.717) is 80.7 Å². The van der Waals surface area contributed by atoms with Crippen molar-refractivity contribution >= 4 is 81.8 Å². The number of nitrogens with two attached hydrogens (primary N) is 4. The maximum atomic E-state index is 15.3. The number of benzene rings is 4. The fraction of sp³-hybridized carbons (Fsp3) is 0.528. The van der Waals surface area contributed by atoms with E-state index in [-0.39, 0.29) is 116 Å². The number of sulfonamides is 1. The highest BCUT2D eigenvalue weighted by Crippen LogP contribution is 2.33. The molecule has 5 rings (SSSR count). The average molecular weight is 1500 g/mol. The maximum Gasteiger partial charge on any atom is 0.326 e. The van der Waals surface area contributed by atoms with E-state index in [2.05, 4.69) is 23.3 Å². The first-order valence-corrected chi connectivity index (χ1v) is 37.6. The van der Waals surface area contributed by atoms with Crippen molar-refractivity contribution in [1.29, 1.82) is 0 Å². The number of carboxylic acids is 1. The number of carbonyl (C=O) groups excluding carboxylic acids is 9. The van der Waals surface area contributed by atoms with Gasteiger partial charge < -0.3 is 91.1 Å². The van der Waals surface area contributed by atoms with Gasteiger partial charge in [0, 0.05) is 52.5 Å². The number of carbonyl (C=O) groups is 10. The first-order valence-electron chi connectivity index (χ1n) is 35.4. The van der Waals surface area contributed by atoms with Crippen LogP contribution in [0.2, 0.25) is 0 Å². The highest BCUT2D eigenvalue weighted by Gasteiger charge is 2.33. The largest absolute Gasteiger partial charge is 0.480 e. The zero-order chi connectivity index (χ0) is 76.5. The van der Waals surface area contributed by atoms with E-state index in [1.807, 2.05) is 60.7 Å². The van der Waals surface area contributed by atoms with Gasteiger partial charge in [0.05, 0.1) is 44.2 Å². The number of primary sulfonamides is 1. The van der Waals surface area contributed by atoms with Crippen molar-refractivity contribution in [2.24, 2.45) is 22.3 Å². The lowest BCUT2D eigenvalue weighted by molar-refractivity contribution is -0.151. The molecule has 1 aliphatic heterocycles. The molecule has 4 aromatic rings. The van der Waals surface area contributed by atoms with Gasteiger partial charge >= 0.3 is 5.97 Å². The third-order valence-corrected chi connectivity index (χ3v) is 18.2. The van der Waals surface area contributed by atoms with Crippen molar-refractivity contribution in [2.45, 2.75) is 95.5 Å². The molecule has 1 atom stereocenters. The van der Waals surface area contributed by atoms with Gasteiger partial charge in [-0.25, -0.2) is 18.4 Å². The summed E-state index contributed by atoms with van der Waals surface area (Å²) < 4.78 is 47.2. The van der Waals surface area contributed by atoms with E-state index in [4.69, 9.17) is 41.3 Å². The number of unbranched alkanes of at least 4 members (excludes halogenated alkanes) is 3. The molecule has 4 aromatic carbocycles. The lowest BCUT2D eigenvalue weighted by Crippen LogP contribution is -2.53. The molecular weight excluding hydrogens is 1400 g/mol. The Hall–Kier alpha value is -8.80. The Kier molecular flexibility index (Phi) is 39.4. The minimum atomic E-state index is -4.11. The molecular formula is C72H106N14O17S2. The van der Waals surface area contributed by atoms with E-state index < -0.39 is 134 Å². The summed E-state index contributed by atoms with van der Waals surface area (Å²) in [7, 11) is -4.11. The molecule has 1 aliphatic rings. The summed E-state index contributed by atoms with van der Waals surface area (Å²) >= 11 is 4.11. The lowest BCUT2D eigenvalue weighted by Gasteiger charge is -2.33. The Bertz CT molecular complexity index is 3510. The highest BCUT2D eigenvalue weighted by atomic mass is 32.2. The van der Waals surface area contributed by atoms with E-state index in [1.54, 1.807) is 32.0 Å². The SMILES string of the molecule is CCOCN(CC(=O)N(CCCCN)CC(=O)N(CCc1ccccc1)CC(=O)N(COCC)CC(=O)N(CCc1ccc(S(N)(=O)=O)cc1)CC(=O)N(CC(=O)N(CCCCN)CC(=O)N(CCCCN)CC(=O)NC(CCS)C(=O)O)Cc1ccc2c(c1)OCO2)C(=O)CNCCc1ccccc1. The molecule has 0 spiro atoms. The van der Waals surface area contributed by atoms with Gasteiger partial charge in [-0.15, -0.1) is 0 Å². The third kappa shape index (κ3) is 31.8. The molecule has 9 amide bonds. The van der Waals surface area contributed by atoms with Gasteiger partial charge in [0.25, 0.3) is 0 Å². The molecule has 0 saturated heterocycles. The van der Waals surface area contributed by atoms with Crippen molar-refractivity contribution in [3.63, 3.8) is 0 Å². The predicted octanol–water partition coefficient (Wildman–Crippen LogP) is 0.603. The molecule has 11 N–H and O–H groups in total. The Morgan fingerprint density at radius 1 is 0.495 bits per heavy atom. The van der Waals surface area contributed by atoms with Crippen molar-refractivity contribution in [3.05, 3.63) is 125 Å². The van der Waals surface area contributed by atoms with Crippen LogP contribution in [0.25, 0.3) is 0 Å². The van der Waals surface area contributed by atoms with Crippen molar-refractivity contribution < 1.29 is 80.4 Å². The molecule has 0 saturated carbocycles. The summed E-state index contributed by atoms with van der Waals surface area (Å²) in [5.74, 6) is -6.45. The normalized spacial score (nSPS) is 11.8. The average Bonchev–Trinajstić information content (AvgIpc) is 1.81. The smallest absolute Gasteiger partial charge is 0.326 e. The fourth-order valence-corrected chi connectivity index (χ4v) is 11.7. The van der Waals surface area contributed by atoms with Crippen LogP contribution in [0.1, 0.15) is 81.0 Å². The molecule has 0 aliphatic carbocycles. The second-order valence-electron chi connectivity index (χ2n) is 25.0. The molecule has 0 aromatic heterocycles. The monoisotopic (exact) mass is 1500 g/mol. The first kappa shape index (κ1) is 86.8. The Labute approximate surface area is 620 Å². The number of carboxylic acid groups (broad SMARTS) is 1. The minimum absolute atomic E-state index is 0.00523. The number of thiol groups is 1. The van der Waals surface area contributed by atoms with Crippen LogP contribution in [-0.2, 0) is 93.2 Å². The Balaban J connectivity index is 1.48. The van der Waals surface area contributed by atoms with Crippen molar-refractivity contribution in [3.8, 4) is 11.5 Å². The summed E-state index contributed by atoms with van der Waals surface area (Å²) in [4.78, 5) is 153. The zero-order valence-corrected chi connectivity index (χ0v) is 62.1. The number of aliphatic carboxylic acids is 1. The highest BCUT2D eigenvalue weighted by molar-refractivity contribution is 7.89. The number of nitrogens with one attached hydrogen (secondary N) is 2. The number of hydrogen-bond acceptors (Lipinski definition) is 21. The predicted molar refractivity (Wildman–Crippen MR) is 395 cm³/mol. The molecule has 578 valence electrons. The zero-order valence-electron chi connectivity index (χ0n) is 60.4. The van der Waals surface area contributed by atoms with Crippen LogP contribution in [0.4, 0.5) is 0 Å². The summed E-state index contributed by atoms with van der Waals surface area (Å²) in [6, 6.07) is 28.1. The lowest BCUT2D eigenvalue weighted by atomic mass is 10.1. The second-order valence-corrected chi connectivity index (χ2v) is 27.0. The maximum absolute atomic E-state index is 15.3.